The van der Waals surface area contributed by atoms with Gasteiger partial charge in [0.15, 0.2) is 29.3 Å². The summed E-state index contributed by atoms with van der Waals surface area (Å²) in [5, 5.41) is 3.06. The van der Waals surface area contributed by atoms with E-state index in [9.17, 15) is 4.79 Å². The zero-order valence-electron chi connectivity index (χ0n) is 28.3. The lowest BCUT2D eigenvalue weighted by Crippen LogP contribution is -2.66. The summed E-state index contributed by atoms with van der Waals surface area (Å²) < 4.78 is 38.6. The van der Waals surface area contributed by atoms with Crippen molar-refractivity contribution in [1.82, 2.24) is 29.1 Å². The molecule has 1 amide bonds. The van der Waals surface area contributed by atoms with E-state index in [1.54, 1.807) is 34.2 Å². The van der Waals surface area contributed by atoms with Gasteiger partial charge < -0.3 is 27.8 Å². The largest absolute Gasteiger partial charge is 0.459 e. The van der Waals surface area contributed by atoms with Crippen LogP contribution in [0.15, 0.2) is 31.4 Å². The number of amides is 1. The maximum absolute atomic E-state index is 12.6. The number of carbonyl (C=O) groups excluding carboxylic acids is 1. The minimum absolute atomic E-state index is 0.105. The molecule has 2 fully saturated rings. The first kappa shape index (κ1) is 34.7. The maximum Gasteiger partial charge on any atom is 0.335 e. The Morgan fingerprint density at radius 2 is 1.65 bits per heavy atom. The molecule has 2 saturated heterocycles. The summed E-state index contributed by atoms with van der Waals surface area (Å²) in [7, 11) is -5.82. The number of imidazole rings is 2. The van der Waals surface area contributed by atoms with Gasteiger partial charge in [0.05, 0.1) is 12.9 Å². The first-order chi connectivity index (χ1) is 21.7. The Hall–Kier alpha value is -2.61. The summed E-state index contributed by atoms with van der Waals surface area (Å²) in [6.07, 6.45) is 5.40. The van der Waals surface area contributed by atoms with Crippen molar-refractivity contribution in [1.29, 1.82) is 0 Å². The molecule has 16 heteroatoms. The smallest absolute Gasteiger partial charge is 0.335 e. The quantitative estimate of drug-likeness (QED) is 0.231. The number of nitrogens with one attached hydrogen (secondary N) is 1. The Balaban J connectivity index is 1.62. The highest BCUT2D eigenvalue weighted by Crippen LogP contribution is 2.49. The van der Waals surface area contributed by atoms with E-state index in [2.05, 4.69) is 80.6 Å². The number of nitrogens with zero attached hydrogens (tertiary/aromatic N) is 6. The van der Waals surface area contributed by atoms with Gasteiger partial charge in [-0.05, 0) is 34.4 Å². The number of hydrogen-bond donors (Lipinski definition) is 1. The van der Waals surface area contributed by atoms with Crippen LogP contribution in [0.2, 0.25) is 22.2 Å². The molecule has 0 aliphatic carbocycles. The molecule has 0 bridgehead atoms. The van der Waals surface area contributed by atoms with E-state index in [0.717, 1.165) is 0 Å². The molecule has 3 aromatic heterocycles. The van der Waals surface area contributed by atoms with Gasteiger partial charge in [-0.1, -0.05) is 69.2 Å². The summed E-state index contributed by atoms with van der Waals surface area (Å²) in [6, 6.07) is 0. The molecular formula is C30H47N7O6SSi2. The van der Waals surface area contributed by atoms with Crippen LogP contribution in [0.1, 0.15) is 75.5 Å². The molecule has 0 saturated carbocycles. The molecule has 46 heavy (non-hydrogen) atoms. The molecule has 4 atom stereocenters. The number of ether oxygens (including phenoxy) is 2. The van der Waals surface area contributed by atoms with E-state index >= 15 is 0 Å². The van der Waals surface area contributed by atoms with Crippen LogP contribution in [0.4, 0.5) is 5.82 Å². The first-order valence-electron chi connectivity index (χ1n) is 16.1. The maximum atomic E-state index is 12.6. The number of hydrogen-bond acceptors (Lipinski definition) is 11. The van der Waals surface area contributed by atoms with Crippen molar-refractivity contribution < 1.29 is 27.2 Å². The second kappa shape index (κ2) is 13.5. The topological polar surface area (TPSA) is 137 Å². The summed E-state index contributed by atoms with van der Waals surface area (Å²) in [4.78, 5) is 30.1. The van der Waals surface area contributed by atoms with Crippen LogP contribution >= 0.6 is 12.2 Å². The zero-order valence-corrected chi connectivity index (χ0v) is 31.1. The van der Waals surface area contributed by atoms with Gasteiger partial charge in [0, 0.05) is 18.3 Å². The van der Waals surface area contributed by atoms with Crippen LogP contribution in [0.5, 0.6) is 0 Å². The van der Waals surface area contributed by atoms with E-state index in [1.165, 1.54) is 6.33 Å². The van der Waals surface area contributed by atoms with Gasteiger partial charge >= 0.3 is 17.1 Å². The van der Waals surface area contributed by atoms with Gasteiger partial charge in [0.1, 0.15) is 24.9 Å². The lowest BCUT2D eigenvalue weighted by atomic mass is 10.1. The highest BCUT2D eigenvalue weighted by atomic mass is 32.1. The van der Waals surface area contributed by atoms with Crippen molar-refractivity contribution in [3.8, 4) is 0 Å². The van der Waals surface area contributed by atoms with Crippen molar-refractivity contribution in [3.05, 3.63) is 31.4 Å². The second-order valence-electron chi connectivity index (χ2n) is 13.6. The Morgan fingerprint density at radius 3 is 2.24 bits per heavy atom. The molecule has 2 aliphatic rings. The lowest BCUT2D eigenvalue weighted by molar-refractivity contribution is -0.118. The monoisotopic (exact) mass is 689 g/mol. The molecule has 2 aliphatic heterocycles. The number of thiocarbonyl (C=S) groups is 1. The fourth-order valence-electron chi connectivity index (χ4n) is 6.41. The Bertz CT molecular complexity index is 1520. The summed E-state index contributed by atoms with van der Waals surface area (Å²) in [6.45, 7) is 21.3. The van der Waals surface area contributed by atoms with Gasteiger partial charge in [0.25, 0.3) is 5.17 Å². The predicted octanol–water partition coefficient (Wildman–Crippen LogP) is 5.69. The highest BCUT2D eigenvalue weighted by Gasteiger charge is 2.62. The van der Waals surface area contributed by atoms with E-state index in [0.29, 0.717) is 17.0 Å². The summed E-state index contributed by atoms with van der Waals surface area (Å²) in [5.41, 5.74) is 1.48. The average molecular weight is 690 g/mol. The van der Waals surface area contributed by atoms with E-state index < -0.39 is 41.7 Å². The third kappa shape index (κ3) is 6.20. The van der Waals surface area contributed by atoms with Crippen LogP contribution in [0.3, 0.4) is 0 Å². The minimum atomic E-state index is -3.02. The molecular weight excluding hydrogens is 643 g/mol. The first-order valence-corrected chi connectivity index (χ1v) is 20.4. The molecule has 2 unspecified atom stereocenters. The van der Waals surface area contributed by atoms with Crippen LogP contribution in [-0.4, -0.2) is 82.2 Å². The summed E-state index contributed by atoms with van der Waals surface area (Å²) in [5.74, 6) is -0.0860. The molecule has 1 N–H and O–H groups in total. The van der Waals surface area contributed by atoms with Crippen molar-refractivity contribution in [2.75, 3.05) is 11.9 Å². The van der Waals surface area contributed by atoms with E-state index in [1.807, 2.05) is 13.8 Å². The zero-order chi connectivity index (χ0) is 33.6. The van der Waals surface area contributed by atoms with E-state index in [-0.39, 0.29) is 45.8 Å². The molecule has 5 heterocycles. The number of aromatic nitrogens is 6. The third-order valence-corrected chi connectivity index (χ3v) is 19.5. The van der Waals surface area contributed by atoms with Crippen LogP contribution in [0.25, 0.3) is 11.2 Å². The van der Waals surface area contributed by atoms with Gasteiger partial charge in [0.2, 0.25) is 5.91 Å². The van der Waals surface area contributed by atoms with Gasteiger partial charge in [-0.25, -0.2) is 19.9 Å². The van der Waals surface area contributed by atoms with Crippen molar-refractivity contribution in [2.45, 2.75) is 116 Å². The molecule has 3 aromatic rings. The standard InChI is InChI=1S/C30H47N7O6SSi2/c1-17(2)28(38)35-26-23-27(33-14-32-26)37(16-34-23)29-25(41-30(44)36-12-11-31-15-36)24-22(40-29)13-39-45(18(3)4,19(5)6)43-46(42-24,20(7)8)21(9)10/h11-12,14-22,24-25,29H,13H2,1-10H3,(H,32,33,35,38)/t22-,24?,25?,29-/m1/s1. The Labute approximate surface area is 278 Å². The molecule has 13 nitrogen and oxygen atoms in total. The van der Waals surface area contributed by atoms with E-state index in [4.69, 9.17) is 34.7 Å². The fraction of sp³-hybridized carbons (Fsp3) is 0.667. The van der Waals surface area contributed by atoms with Crippen LogP contribution in [-0.2, 0) is 27.2 Å². The Morgan fingerprint density at radius 1 is 0.978 bits per heavy atom. The number of rotatable bonds is 8. The lowest BCUT2D eigenvalue weighted by Gasteiger charge is -2.51. The van der Waals surface area contributed by atoms with Crippen LogP contribution in [0, 0.1) is 5.92 Å². The van der Waals surface area contributed by atoms with Crippen molar-refractivity contribution in [2.24, 2.45) is 5.92 Å². The summed E-state index contributed by atoms with van der Waals surface area (Å²) >= 11 is 5.75. The normalized spacial score (nSPS) is 24.5. The highest BCUT2D eigenvalue weighted by molar-refractivity contribution is 7.80. The molecule has 0 aromatic carbocycles. The molecule has 0 radical (unpaired) electrons. The minimum Gasteiger partial charge on any atom is -0.459 e. The Kier molecular flexibility index (Phi) is 10.2. The molecule has 252 valence electrons. The van der Waals surface area contributed by atoms with Gasteiger partial charge in [-0.15, -0.1) is 0 Å². The fourth-order valence-corrected chi connectivity index (χ4v) is 17.8. The number of fused-ring (bicyclic) bond motifs is 2. The average Bonchev–Trinajstić information content (AvgIpc) is 3.73. The van der Waals surface area contributed by atoms with Crippen molar-refractivity contribution >= 4 is 57.4 Å². The van der Waals surface area contributed by atoms with Gasteiger partial charge in [-0.3, -0.25) is 13.9 Å². The van der Waals surface area contributed by atoms with Crippen molar-refractivity contribution in [3.63, 3.8) is 0 Å². The predicted molar refractivity (Wildman–Crippen MR) is 182 cm³/mol. The number of carbonyl (C=O) groups is 1. The van der Waals surface area contributed by atoms with Crippen LogP contribution < -0.4 is 5.32 Å². The second-order valence-corrected chi connectivity index (χ2v) is 22.8. The SMILES string of the molecule is CC(C)C(=O)Nc1ncnc2c1ncn2[C@@H]1O[C@@H]2CO[Si](C(C)C)(C(C)C)O[Si](C(C)C)(C(C)C)OC2C1OC(=S)n1ccnc1. The number of anilines is 1. The molecule has 5 rings (SSSR count). The third-order valence-electron chi connectivity index (χ3n) is 8.97. The van der Waals surface area contributed by atoms with Gasteiger partial charge in [-0.2, -0.15) is 0 Å². The molecule has 0 spiro atoms.